The summed E-state index contributed by atoms with van der Waals surface area (Å²) in [6, 6.07) is 0.729. The maximum Gasteiger partial charge on any atom is 0.0544 e. The van der Waals surface area contributed by atoms with Crippen molar-refractivity contribution in [2.75, 3.05) is 6.54 Å². The molecule has 1 saturated heterocycles. The molecule has 2 nitrogen and oxygen atoms in total. The Morgan fingerprint density at radius 2 is 2.09 bits per heavy atom. The third kappa shape index (κ3) is 1.57. The molecule has 0 aromatic heterocycles. The molecule has 1 aliphatic heterocycles. The highest BCUT2D eigenvalue weighted by Gasteiger charge is 2.30. The van der Waals surface area contributed by atoms with Gasteiger partial charge in [0.25, 0.3) is 0 Å². The van der Waals surface area contributed by atoms with E-state index in [1.165, 1.54) is 25.8 Å². The molecule has 2 N–H and O–H groups in total. The number of nitrogens with one attached hydrogen (secondary N) is 1. The van der Waals surface area contributed by atoms with Gasteiger partial charge in [0, 0.05) is 6.04 Å². The van der Waals surface area contributed by atoms with E-state index in [2.05, 4.69) is 5.32 Å². The van der Waals surface area contributed by atoms with Gasteiger partial charge in [-0.1, -0.05) is 0 Å². The third-order valence-electron chi connectivity index (χ3n) is 3.11. The minimum absolute atomic E-state index is 0.00356. The Balaban J connectivity index is 1.93. The molecule has 0 aromatic rings. The van der Waals surface area contributed by atoms with Crippen LogP contribution in [0.5, 0.6) is 0 Å². The molecule has 1 heterocycles. The van der Waals surface area contributed by atoms with Crippen LogP contribution in [0.15, 0.2) is 0 Å². The maximum absolute atomic E-state index is 9.42. The molecule has 0 bridgehead atoms. The zero-order chi connectivity index (χ0) is 7.68. The molecule has 0 amide bonds. The molecule has 0 spiro atoms. The van der Waals surface area contributed by atoms with Crippen LogP contribution in [0.2, 0.25) is 0 Å². The Morgan fingerprint density at radius 3 is 3.00 bits per heavy atom. The highest BCUT2D eigenvalue weighted by Crippen LogP contribution is 2.30. The van der Waals surface area contributed by atoms with Gasteiger partial charge in [0.15, 0.2) is 0 Å². The molecule has 2 fully saturated rings. The van der Waals surface area contributed by atoms with E-state index in [-0.39, 0.29) is 6.10 Å². The molecule has 2 heteroatoms. The van der Waals surface area contributed by atoms with Crippen LogP contribution in [-0.4, -0.2) is 23.8 Å². The predicted octanol–water partition coefficient (Wildman–Crippen LogP) is 0.899. The van der Waals surface area contributed by atoms with E-state index in [1.807, 2.05) is 0 Å². The lowest BCUT2D eigenvalue weighted by atomic mass is 9.78. The summed E-state index contributed by atoms with van der Waals surface area (Å²) in [6.07, 6.45) is 5.86. The number of piperidine rings is 1. The van der Waals surface area contributed by atoms with Crippen molar-refractivity contribution >= 4 is 0 Å². The van der Waals surface area contributed by atoms with Crippen LogP contribution in [0, 0.1) is 5.92 Å². The van der Waals surface area contributed by atoms with Gasteiger partial charge >= 0.3 is 0 Å². The fraction of sp³-hybridized carbons (Fsp3) is 1.00. The van der Waals surface area contributed by atoms with Crippen molar-refractivity contribution in [3.05, 3.63) is 0 Å². The first-order valence-corrected chi connectivity index (χ1v) is 4.78. The van der Waals surface area contributed by atoms with E-state index in [9.17, 15) is 5.11 Å². The summed E-state index contributed by atoms with van der Waals surface area (Å²) in [4.78, 5) is 0. The van der Waals surface area contributed by atoms with Gasteiger partial charge < -0.3 is 10.4 Å². The fourth-order valence-corrected chi connectivity index (χ4v) is 2.48. The van der Waals surface area contributed by atoms with Crippen LogP contribution < -0.4 is 5.32 Å². The number of rotatable bonds is 0. The molecule has 3 atom stereocenters. The van der Waals surface area contributed by atoms with Crippen molar-refractivity contribution in [2.24, 2.45) is 5.92 Å². The second-order valence-electron chi connectivity index (χ2n) is 3.93. The van der Waals surface area contributed by atoms with Gasteiger partial charge in [0.2, 0.25) is 0 Å². The standard InChI is InChI=1S/C9H17NO/c11-8-3-4-9-7(6-8)2-1-5-10-9/h7-11H,1-6H2/t7-,8-,9-/m1/s1. The van der Waals surface area contributed by atoms with E-state index in [4.69, 9.17) is 0 Å². The summed E-state index contributed by atoms with van der Waals surface area (Å²) in [5.41, 5.74) is 0. The summed E-state index contributed by atoms with van der Waals surface area (Å²) in [5.74, 6) is 0.771. The second-order valence-corrected chi connectivity index (χ2v) is 3.93. The zero-order valence-electron chi connectivity index (χ0n) is 6.92. The van der Waals surface area contributed by atoms with Gasteiger partial charge in [-0.15, -0.1) is 0 Å². The molecule has 2 aliphatic rings. The van der Waals surface area contributed by atoms with Gasteiger partial charge in [-0.2, -0.15) is 0 Å². The molecular weight excluding hydrogens is 138 g/mol. The molecule has 11 heavy (non-hydrogen) atoms. The minimum atomic E-state index is -0.00356. The van der Waals surface area contributed by atoms with E-state index in [0.29, 0.717) is 0 Å². The van der Waals surface area contributed by atoms with Crippen molar-refractivity contribution in [3.8, 4) is 0 Å². The topological polar surface area (TPSA) is 32.3 Å². The fourth-order valence-electron chi connectivity index (χ4n) is 2.48. The molecule has 1 aliphatic carbocycles. The highest BCUT2D eigenvalue weighted by molar-refractivity contribution is 4.87. The highest BCUT2D eigenvalue weighted by atomic mass is 16.3. The van der Waals surface area contributed by atoms with E-state index in [1.54, 1.807) is 0 Å². The number of hydrogen-bond acceptors (Lipinski definition) is 2. The van der Waals surface area contributed by atoms with Crippen molar-refractivity contribution in [3.63, 3.8) is 0 Å². The summed E-state index contributed by atoms with van der Waals surface area (Å²) < 4.78 is 0. The van der Waals surface area contributed by atoms with Crippen LogP contribution in [0.1, 0.15) is 32.1 Å². The smallest absolute Gasteiger partial charge is 0.0544 e. The van der Waals surface area contributed by atoms with Crippen molar-refractivity contribution in [1.82, 2.24) is 5.32 Å². The van der Waals surface area contributed by atoms with Gasteiger partial charge in [-0.3, -0.25) is 0 Å². The van der Waals surface area contributed by atoms with E-state index >= 15 is 0 Å². The predicted molar refractivity (Wildman–Crippen MR) is 44.4 cm³/mol. The Morgan fingerprint density at radius 1 is 1.18 bits per heavy atom. The summed E-state index contributed by atoms with van der Waals surface area (Å²) in [5, 5.41) is 13.0. The van der Waals surface area contributed by atoms with Gasteiger partial charge in [-0.05, 0) is 44.6 Å². The van der Waals surface area contributed by atoms with Crippen molar-refractivity contribution < 1.29 is 5.11 Å². The SMILES string of the molecule is O[C@@H]1CC[C@H]2NCCC[C@@H]2C1. The Hall–Kier alpha value is -0.0800. The molecule has 0 unspecified atom stereocenters. The summed E-state index contributed by atoms with van der Waals surface area (Å²) in [7, 11) is 0. The number of aliphatic hydroxyl groups is 1. The normalized spacial score (nSPS) is 45.0. The first-order valence-electron chi connectivity index (χ1n) is 4.78. The lowest BCUT2D eigenvalue weighted by molar-refractivity contribution is 0.0679. The summed E-state index contributed by atoms with van der Waals surface area (Å²) in [6.45, 7) is 1.19. The lowest BCUT2D eigenvalue weighted by Crippen LogP contribution is -2.45. The molecular formula is C9H17NO. The Labute approximate surface area is 68.0 Å². The van der Waals surface area contributed by atoms with Crippen LogP contribution in [0.4, 0.5) is 0 Å². The van der Waals surface area contributed by atoms with Crippen LogP contribution in [0.25, 0.3) is 0 Å². The lowest BCUT2D eigenvalue weighted by Gasteiger charge is -2.38. The summed E-state index contributed by atoms with van der Waals surface area (Å²) >= 11 is 0. The van der Waals surface area contributed by atoms with Crippen molar-refractivity contribution in [1.29, 1.82) is 0 Å². The average molecular weight is 155 g/mol. The largest absolute Gasteiger partial charge is 0.393 e. The van der Waals surface area contributed by atoms with Crippen LogP contribution >= 0.6 is 0 Å². The van der Waals surface area contributed by atoms with Gasteiger partial charge in [-0.25, -0.2) is 0 Å². The third-order valence-corrected chi connectivity index (χ3v) is 3.11. The molecule has 2 rings (SSSR count). The second kappa shape index (κ2) is 3.11. The Bertz CT molecular complexity index is 138. The quantitative estimate of drug-likeness (QED) is 0.544. The van der Waals surface area contributed by atoms with Crippen molar-refractivity contribution in [2.45, 2.75) is 44.2 Å². The molecule has 0 aromatic carbocycles. The monoisotopic (exact) mass is 155 g/mol. The maximum atomic E-state index is 9.42. The van der Waals surface area contributed by atoms with Gasteiger partial charge in [0.1, 0.15) is 0 Å². The average Bonchev–Trinajstić information content (AvgIpc) is 2.04. The first-order chi connectivity index (χ1) is 5.36. The van der Waals surface area contributed by atoms with Gasteiger partial charge in [0.05, 0.1) is 6.10 Å². The van der Waals surface area contributed by atoms with Crippen LogP contribution in [-0.2, 0) is 0 Å². The minimum Gasteiger partial charge on any atom is -0.393 e. The number of aliphatic hydroxyl groups excluding tert-OH is 1. The Kier molecular flexibility index (Phi) is 2.14. The number of hydrogen-bond donors (Lipinski definition) is 2. The first kappa shape index (κ1) is 7.56. The van der Waals surface area contributed by atoms with Crippen LogP contribution in [0.3, 0.4) is 0 Å². The molecule has 64 valence electrons. The van der Waals surface area contributed by atoms with E-state index in [0.717, 1.165) is 24.8 Å². The zero-order valence-corrected chi connectivity index (χ0v) is 6.92. The molecule has 1 saturated carbocycles. The number of fused-ring (bicyclic) bond motifs is 1. The molecule has 0 radical (unpaired) electrons. The van der Waals surface area contributed by atoms with E-state index < -0.39 is 0 Å².